The molecule has 0 saturated carbocycles. The zero-order valence-corrected chi connectivity index (χ0v) is 13.0. The van der Waals surface area contributed by atoms with E-state index in [1.54, 1.807) is 6.92 Å². The number of rotatable bonds is 6. The van der Waals surface area contributed by atoms with Crippen molar-refractivity contribution in [2.75, 3.05) is 13.7 Å². The lowest BCUT2D eigenvalue weighted by atomic mass is 9.90. The van der Waals surface area contributed by atoms with E-state index < -0.39 is 18.0 Å². The predicted octanol–water partition coefficient (Wildman–Crippen LogP) is 2.13. The summed E-state index contributed by atoms with van der Waals surface area (Å²) < 4.78 is 16.0. The van der Waals surface area contributed by atoms with Gasteiger partial charge < -0.3 is 14.2 Å². The van der Waals surface area contributed by atoms with Gasteiger partial charge in [0.2, 0.25) is 0 Å². The molecule has 120 valence electrons. The van der Waals surface area contributed by atoms with Crippen molar-refractivity contribution in [1.82, 2.24) is 0 Å². The zero-order chi connectivity index (χ0) is 15.9. The molecule has 2 rings (SSSR count). The lowest BCUT2D eigenvalue weighted by Crippen LogP contribution is -2.44. The number of hydrogen-bond donors (Lipinski definition) is 0. The first-order chi connectivity index (χ1) is 10.6. The summed E-state index contributed by atoms with van der Waals surface area (Å²) in [4.78, 5) is 23.6. The van der Waals surface area contributed by atoms with Crippen molar-refractivity contribution in [3.63, 3.8) is 0 Å². The summed E-state index contributed by atoms with van der Waals surface area (Å²) in [5, 5.41) is 0. The molecule has 0 bridgehead atoms. The molecule has 1 heterocycles. The van der Waals surface area contributed by atoms with Gasteiger partial charge in [0.25, 0.3) is 0 Å². The van der Waals surface area contributed by atoms with Gasteiger partial charge in [0.05, 0.1) is 25.9 Å². The van der Waals surface area contributed by atoms with Crippen LogP contribution in [0.1, 0.15) is 25.3 Å². The maximum atomic E-state index is 12.0. The van der Waals surface area contributed by atoms with Crippen LogP contribution in [0.25, 0.3) is 0 Å². The molecule has 5 nitrogen and oxygen atoms in total. The van der Waals surface area contributed by atoms with Crippen LogP contribution in [-0.2, 0) is 30.4 Å². The van der Waals surface area contributed by atoms with E-state index in [0.717, 1.165) is 5.56 Å². The molecule has 1 aliphatic rings. The van der Waals surface area contributed by atoms with Gasteiger partial charge in [-0.05, 0) is 18.9 Å². The van der Waals surface area contributed by atoms with Crippen molar-refractivity contribution in [3.05, 3.63) is 35.9 Å². The number of hydrogen-bond acceptors (Lipinski definition) is 5. The maximum absolute atomic E-state index is 12.0. The zero-order valence-electron chi connectivity index (χ0n) is 13.0. The third-order valence-electron chi connectivity index (χ3n) is 3.80. The van der Waals surface area contributed by atoms with Crippen LogP contribution in [0.5, 0.6) is 0 Å². The van der Waals surface area contributed by atoms with Crippen LogP contribution in [0.15, 0.2) is 30.3 Å². The molecule has 0 spiro atoms. The SMILES string of the molecule is COC(=O)[C@@H]1C(=O)C[C@@H](CCOCc2ccccc2)O[C@H]1C. The van der Waals surface area contributed by atoms with Gasteiger partial charge in [0.1, 0.15) is 5.92 Å². The number of ketones is 1. The van der Waals surface area contributed by atoms with Gasteiger partial charge in [-0.2, -0.15) is 0 Å². The second-order valence-electron chi connectivity index (χ2n) is 5.46. The molecule has 1 aromatic carbocycles. The van der Waals surface area contributed by atoms with Crippen molar-refractivity contribution in [3.8, 4) is 0 Å². The first kappa shape index (κ1) is 16.6. The number of carbonyl (C=O) groups excluding carboxylic acids is 2. The Bertz CT molecular complexity index is 499. The second-order valence-corrected chi connectivity index (χ2v) is 5.46. The summed E-state index contributed by atoms with van der Waals surface area (Å²) in [7, 11) is 1.28. The van der Waals surface area contributed by atoms with Crippen molar-refractivity contribution >= 4 is 11.8 Å². The van der Waals surface area contributed by atoms with Gasteiger partial charge in [-0.25, -0.2) is 0 Å². The molecule has 0 aromatic heterocycles. The molecule has 1 aromatic rings. The van der Waals surface area contributed by atoms with Crippen LogP contribution in [0.2, 0.25) is 0 Å². The van der Waals surface area contributed by atoms with E-state index in [-0.39, 0.29) is 18.3 Å². The molecular weight excluding hydrogens is 284 g/mol. The summed E-state index contributed by atoms with van der Waals surface area (Å²) in [5.41, 5.74) is 1.11. The Labute approximate surface area is 130 Å². The Balaban J connectivity index is 1.74. The highest BCUT2D eigenvalue weighted by atomic mass is 16.5. The summed E-state index contributed by atoms with van der Waals surface area (Å²) in [6.45, 7) is 2.79. The highest BCUT2D eigenvalue weighted by Crippen LogP contribution is 2.25. The minimum atomic E-state index is -0.800. The summed E-state index contributed by atoms with van der Waals surface area (Å²) in [6.07, 6.45) is 0.224. The minimum absolute atomic E-state index is 0.112. The number of methoxy groups -OCH3 is 1. The van der Waals surface area contributed by atoms with Gasteiger partial charge in [-0.15, -0.1) is 0 Å². The van der Waals surface area contributed by atoms with E-state index in [1.165, 1.54) is 7.11 Å². The van der Waals surface area contributed by atoms with Crippen LogP contribution in [-0.4, -0.2) is 37.7 Å². The normalized spacial score (nSPS) is 25.0. The average Bonchev–Trinajstić information content (AvgIpc) is 2.51. The molecular formula is C17H22O5. The fraction of sp³-hybridized carbons (Fsp3) is 0.529. The van der Waals surface area contributed by atoms with Gasteiger partial charge in [-0.1, -0.05) is 30.3 Å². The summed E-state index contributed by atoms with van der Waals surface area (Å²) in [5.74, 6) is -1.43. The molecule has 0 amide bonds. The van der Waals surface area contributed by atoms with Crippen molar-refractivity contribution < 1.29 is 23.8 Å². The molecule has 0 radical (unpaired) electrons. The number of Topliss-reactive ketones (excluding diaryl/α,β-unsaturated/α-hetero) is 1. The number of ether oxygens (including phenoxy) is 3. The van der Waals surface area contributed by atoms with Gasteiger partial charge in [0.15, 0.2) is 5.78 Å². The van der Waals surface area contributed by atoms with Gasteiger partial charge in [-0.3, -0.25) is 9.59 Å². The molecule has 0 unspecified atom stereocenters. The van der Waals surface area contributed by atoms with E-state index in [0.29, 0.717) is 19.6 Å². The third-order valence-corrected chi connectivity index (χ3v) is 3.80. The van der Waals surface area contributed by atoms with E-state index in [1.807, 2.05) is 30.3 Å². The fourth-order valence-electron chi connectivity index (χ4n) is 2.64. The van der Waals surface area contributed by atoms with E-state index in [9.17, 15) is 9.59 Å². The standard InChI is InChI=1S/C17H22O5/c1-12-16(17(19)20-2)15(18)10-14(22-12)8-9-21-11-13-6-4-3-5-7-13/h3-7,12,14,16H,8-11H2,1-2H3/t12-,14+,16-/m0/s1. The summed E-state index contributed by atoms with van der Waals surface area (Å²) in [6, 6.07) is 9.91. The lowest BCUT2D eigenvalue weighted by Gasteiger charge is -2.32. The minimum Gasteiger partial charge on any atom is -0.468 e. The van der Waals surface area contributed by atoms with E-state index in [2.05, 4.69) is 4.74 Å². The Morgan fingerprint density at radius 2 is 2.05 bits per heavy atom. The highest BCUT2D eigenvalue weighted by Gasteiger charge is 2.40. The molecule has 0 N–H and O–H groups in total. The lowest BCUT2D eigenvalue weighted by molar-refractivity contribution is -0.166. The van der Waals surface area contributed by atoms with Gasteiger partial charge in [0, 0.05) is 13.0 Å². The monoisotopic (exact) mass is 306 g/mol. The van der Waals surface area contributed by atoms with E-state index >= 15 is 0 Å². The van der Waals surface area contributed by atoms with Crippen molar-refractivity contribution in [2.24, 2.45) is 5.92 Å². The molecule has 0 aliphatic carbocycles. The highest BCUT2D eigenvalue weighted by molar-refractivity contribution is 6.00. The number of carbonyl (C=O) groups is 2. The molecule has 1 fully saturated rings. The van der Waals surface area contributed by atoms with Crippen LogP contribution >= 0.6 is 0 Å². The number of esters is 1. The quantitative estimate of drug-likeness (QED) is 0.458. The maximum Gasteiger partial charge on any atom is 0.318 e. The first-order valence-electron chi connectivity index (χ1n) is 7.49. The van der Waals surface area contributed by atoms with Crippen LogP contribution in [0, 0.1) is 5.92 Å². The predicted molar refractivity (Wildman–Crippen MR) is 80.2 cm³/mol. The Morgan fingerprint density at radius 3 is 2.68 bits per heavy atom. The fourth-order valence-corrected chi connectivity index (χ4v) is 2.64. The second kappa shape index (κ2) is 8.06. The van der Waals surface area contributed by atoms with Crippen LogP contribution in [0.3, 0.4) is 0 Å². The molecule has 5 heteroatoms. The molecule has 1 aliphatic heterocycles. The Morgan fingerprint density at radius 1 is 1.32 bits per heavy atom. The van der Waals surface area contributed by atoms with Crippen molar-refractivity contribution in [1.29, 1.82) is 0 Å². The Kier molecular flexibility index (Phi) is 6.10. The van der Waals surface area contributed by atoms with Crippen LogP contribution < -0.4 is 0 Å². The Hall–Kier alpha value is -1.72. The summed E-state index contributed by atoms with van der Waals surface area (Å²) >= 11 is 0. The van der Waals surface area contributed by atoms with Crippen LogP contribution in [0.4, 0.5) is 0 Å². The van der Waals surface area contributed by atoms with E-state index in [4.69, 9.17) is 9.47 Å². The smallest absolute Gasteiger partial charge is 0.318 e. The topological polar surface area (TPSA) is 61.8 Å². The average molecular weight is 306 g/mol. The largest absolute Gasteiger partial charge is 0.468 e. The first-order valence-corrected chi connectivity index (χ1v) is 7.49. The molecule has 22 heavy (non-hydrogen) atoms. The van der Waals surface area contributed by atoms with Crippen molar-refractivity contribution in [2.45, 2.75) is 38.6 Å². The molecule has 1 saturated heterocycles. The number of benzene rings is 1. The third kappa shape index (κ3) is 4.39. The molecule has 3 atom stereocenters. The van der Waals surface area contributed by atoms with Gasteiger partial charge >= 0.3 is 5.97 Å².